The van der Waals surface area contributed by atoms with E-state index >= 15 is 0 Å². The fourth-order valence-electron chi connectivity index (χ4n) is 3.84. The molecule has 1 aromatic carbocycles. The molecule has 0 radical (unpaired) electrons. The van der Waals surface area contributed by atoms with E-state index in [9.17, 15) is 9.59 Å². The fraction of sp³-hybridized carbons (Fsp3) is 0.556. The Bertz CT molecular complexity index is 615. The Balaban J connectivity index is 0.00000182. The highest BCUT2D eigenvalue weighted by atomic mass is 35.5. The van der Waals surface area contributed by atoms with Gasteiger partial charge in [0.15, 0.2) is 0 Å². The van der Waals surface area contributed by atoms with Crippen molar-refractivity contribution in [2.24, 2.45) is 5.92 Å². The standard InChI is InChI=1S/C18H24N4O2.ClH/c23-17(14-12-19-13-14)21-10-8-20(9-11-21)16-6-7-22(18(16)24)15-4-2-1-3-5-15;/h1-5,14,16,19H,6-13H2;1H. The van der Waals surface area contributed by atoms with Crippen LogP contribution in [0.4, 0.5) is 5.69 Å². The van der Waals surface area contributed by atoms with Crippen molar-refractivity contribution in [1.82, 2.24) is 15.1 Å². The van der Waals surface area contributed by atoms with Gasteiger partial charge in [-0.2, -0.15) is 0 Å². The molecule has 0 spiro atoms. The number of benzene rings is 1. The summed E-state index contributed by atoms with van der Waals surface area (Å²) in [6.45, 7) is 5.48. The maximum Gasteiger partial charge on any atom is 0.244 e. The minimum atomic E-state index is -0.0344. The lowest BCUT2D eigenvalue weighted by atomic mass is 10.0. The highest BCUT2D eigenvalue weighted by molar-refractivity contribution is 5.99. The van der Waals surface area contributed by atoms with Crippen molar-refractivity contribution >= 4 is 29.9 Å². The van der Waals surface area contributed by atoms with Crippen LogP contribution < -0.4 is 10.2 Å². The maximum absolute atomic E-state index is 12.8. The molecule has 0 aliphatic carbocycles. The van der Waals surface area contributed by atoms with Crippen LogP contribution in [0.1, 0.15) is 6.42 Å². The van der Waals surface area contributed by atoms with E-state index < -0.39 is 0 Å². The normalized spacial score (nSPS) is 24.8. The van der Waals surface area contributed by atoms with Gasteiger partial charge < -0.3 is 15.1 Å². The summed E-state index contributed by atoms with van der Waals surface area (Å²) in [4.78, 5) is 31.2. The van der Waals surface area contributed by atoms with Gasteiger partial charge in [0.2, 0.25) is 11.8 Å². The molecule has 1 unspecified atom stereocenters. The molecule has 7 heteroatoms. The molecule has 0 bridgehead atoms. The summed E-state index contributed by atoms with van der Waals surface area (Å²) >= 11 is 0. The van der Waals surface area contributed by atoms with Gasteiger partial charge in [0, 0.05) is 51.5 Å². The van der Waals surface area contributed by atoms with E-state index in [-0.39, 0.29) is 36.2 Å². The second-order valence-electron chi connectivity index (χ2n) is 6.85. The summed E-state index contributed by atoms with van der Waals surface area (Å²) in [6, 6.07) is 9.85. The van der Waals surface area contributed by atoms with E-state index in [0.29, 0.717) is 0 Å². The van der Waals surface area contributed by atoms with Gasteiger partial charge in [-0.25, -0.2) is 0 Å². The van der Waals surface area contributed by atoms with Crippen LogP contribution in [-0.2, 0) is 9.59 Å². The van der Waals surface area contributed by atoms with E-state index in [4.69, 9.17) is 0 Å². The molecular formula is C18H25ClN4O2. The third kappa shape index (κ3) is 3.52. The minimum Gasteiger partial charge on any atom is -0.340 e. The van der Waals surface area contributed by atoms with E-state index in [1.54, 1.807) is 0 Å². The predicted octanol–water partition coefficient (Wildman–Crippen LogP) is 0.577. The first kappa shape index (κ1) is 18.2. The number of carbonyl (C=O) groups is 2. The first-order valence-electron chi connectivity index (χ1n) is 8.84. The zero-order valence-corrected chi connectivity index (χ0v) is 15.1. The quantitative estimate of drug-likeness (QED) is 0.852. The number of nitrogens with one attached hydrogen (secondary N) is 1. The predicted molar refractivity (Wildman–Crippen MR) is 99.0 cm³/mol. The molecule has 3 aliphatic rings. The Morgan fingerprint density at radius 3 is 2.28 bits per heavy atom. The smallest absolute Gasteiger partial charge is 0.244 e. The monoisotopic (exact) mass is 364 g/mol. The van der Waals surface area contributed by atoms with Crippen LogP contribution in [0.15, 0.2) is 30.3 Å². The lowest BCUT2D eigenvalue weighted by Gasteiger charge is -2.40. The van der Waals surface area contributed by atoms with E-state index in [1.807, 2.05) is 40.1 Å². The number of anilines is 1. The van der Waals surface area contributed by atoms with Crippen molar-refractivity contribution < 1.29 is 9.59 Å². The Morgan fingerprint density at radius 1 is 1.00 bits per heavy atom. The van der Waals surface area contributed by atoms with E-state index in [0.717, 1.165) is 57.9 Å². The zero-order chi connectivity index (χ0) is 16.5. The van der Waals surface area contributed by atoms with Crippen LogP contribution in [0.5, 0.6) is 0 Å². The summed E-state index contributed by atoms with van der Waals surface area (Å²) in [6.07, 6.45) is 0.869. The SMILES string of the molecule is Cl.O=C(C1CNC1)N1CCN(C2CCN(c3ccccc3)C2=O)CC1. The Labute approximate surface area is 154 Å². The number of amides is 2. The molecule has 25 heavy (non-hydrogen) atoms. The van der Waals surface area contributed by atoms with E-state index in [2.05, 4.69) is 10.2 Å². The average molecular weight is 365 g/mol. The molecule has 2 amide bonds. The van der Waals surface area contributed by atoms with Crippen molar-refractivity contribution in [2.75, 3.05) is 50.7 Å². The van der Waals surface area contributed by atoms with Gasteiger partial charge in [-0.3, -0.25) is 14.5 Å². The number of piperazine rings is 1. The second-order valence-corrected chi connectivity index (χ2v) is 6.85. The number of carbonyl (C=O) groups excluding carboxylic acids is 2. The van der Waals surface area contributed by atoms with Gasteiger partial charge in [0.05, 0.1) is 12.0 Å². The van der Waals surface area contributed by atoms with Gasteiger partial charge in [0.1, 0.15) is 0 Å². The molecule has 0 saturated carbocycles. The molecule has 1 atom stereocenters. The van der Waals surface area contributed by atoms with Crippen LogP contribution in [0.3, 0.4) is 0 Å². The van der Waals surface area contributed by atoms with Gasteiger partial charge in [-0.05, 0) is 18.6 Å². The number of halogens is 1. The molecule has 3 fully saturated rings. The number of nitrogens with zero attached hydrogens (tertiary/aromatic N) is 3. The largest absolute Gasteiger partial charge is 0.340 e. The highest BCUT2D eigenvalue weighted by Crippen LogP contribution is 2.25. The Kier molecular flexibility index (Phi) is 5.61. The van der Waals surface area contributed by atoms with Crippen LogP contribution >= 0.6 is 12.4 Å². The van der Waals surface area contributed by atoms with Crippen LogP contribution in [0.25, 0.3) is 0 Å². The van der Waals surface area contributed by atoms with Crippen molar-refractivity contribution in [3.63, 3.8) is 0 Å². The summed E-state index contributed by atoms with van der Waals surface area (Å²) in [5.41, 5.74) is 0.983. The second kappa shape index (κ2) is 7.72. The summed E-state index contributed by atoms with van der Waals surface area (Å²) in [5.74, 6) is 0.638. The third-order valence-electron chi connectivity index (χ3n) is 5.44. The third-order valence-corrected chi connectivity index (χ3v) is 5.44. The molecule has 136 valence electrons. The Hall–Kier alpha value is -1.63. The number of hydrogen-bond acceptors (Lipinski definition) is 4. The molecule has 3 aliphatic heterocycles. The molecule has 4 rings (SSSR count). The summed E-state index contributed by atoms with van der Waals surface area (Å²) in [7, 11) is 0. The first-order chi connectivity index (χ1) is 11.7. The zero-order valence-electron chi connectivity index (χ0n) is 14.3. The lowest BCUT2D eigenvalue weighted by molar-refractivity contribution is -0.139. The minimum absolute atomic E-state index is 0. The van der Waals surface area contributed by atoms with Gasteiger partial charge in [0.25, 0.3) is 0 Å². The summed E-state index contributed by atoms with van der Waals surface area (Å²) in [5, 5.41) is 3.15. The van der Waals surface area contributed by atoms with Crippen molar-refractivity contribution in [3.8, 4) is 0 Å². The number of para-hydroxylation sites is 1. The van der Waals surface area contributed by atoms with Crippen molar-refractivity contribution in [1.29, 1.82) is 0 Å². The van der Waals surface area contributed by atoms with Crippen LogP contribution in [0, 0.1) is 5.92 Å². The fourth-order valence-corrected chi connectivity index (χ4v) is 3.84. The number of hydrogen-bond donors (Lipinski definition) is 1. The van der Waals surface area contributed by atoms with Crippen LogP contribution in [0.2, 0.25) is 0 Å². The highest BCUT2D eigenvalue weighted by Gasteiger charge is 2.39. The molecule has 0 aromatic heterocycles. The maximum atomic E-state index is 12.8. The molecule has 1 aromatic rings. The van der Waals surface area contributed by atoms with Crippen molar-refractivity contribution in [3.05, 3.63) is 30.3 Å². The Morgan fingerprint density at radius 2 is 1.68 bits per heavy atom. The lowest BCUT2D eigenvalue weighted by Crippen LogP contribution is -2.58. The molecule has 6 nitrogen and oxygen atoms in total. The van der Waals surface area contributed by atoms with Crippen LogP contribution in [-0.4, -0.2) is 73.5 Å². The topological polar surface area (TPSA) is 55.9 Å². The molecule has 1 N–H and O–H groups in total. The van der Waals surface area contributed by atoms with Gasteiger partial charge in [-0.1, -0.05) is 18.2 Å². The number of rotatable bonds is 3. The summed E-state index contributed by atoms with van der Waals surface area (Å²) < 4.78 is 0. The van der Waals surface area contributed by atoms with Gasteiger partial charge >= 0.3 is 0 Å². The molecule has 3 saturated heterocycles. The first-order valence-corrected chi connectivity index (χ1v) is 8.84. The molecule has 3 heterocycles. The van der Waals surface area contributed by atoms with Crippen molar-refractivity contribution in [2.45, 2.75) is 12.5 Å². The van der Waals surface area contributed by atoms with E-state index in [1.165, 1.54) is 0 Å². The average Bonchev–Trinajstić information content (AvgIpc) is 2.96. The van der Waals surface area contributed by atoms with Gasteiger partial charge in [-0.15, -0.1) is 12.4 Å². The molecular weight excluding hydrogens is 340 g/mol.